The van der Waals surface area contributed by atoms with Crippen molar-refractivity contribution in [3.8, 4) is 0 Å². The molecule has 1 amide bonds. The van der Waals surface area contributed by atoms with Crippen molar-refractivity contribution < 1.29 is 9.53 Å². The highest BCUT2D eigenvalue weighted by atomic mass is 16.5. The summed E-state index contributed by atoms with van der Waals surface area (Å²) in [5.74, 6) is 0.583. The number of hydrogen-bond donors (Lipinski definition) is 0. The van der Waals surface area contributed by atoms with Gasteiger partial charge in [0.15, 0.2) is 0 Å². The Balaban J connectivity index is 4.08. The first-order valence-corrected chi connectivity index (χ1v) is 5.30. The van der Waals surface area contributed by atoms with Crippen LogP contribution in [0.5, 0.6) is 0 Å². The van der Waals surface area contributed by atoms with Gasteiger partial charge < -0.3 is 9.64 Å². The van der Waals surface area contributed by atoms with Gasteiger partial charge in [-0.2, -0.15) is 0 Å². The average Bonchev–Trinajstić information content (AvgIpc) is 2.15. The maximum atomic E-state index is 11.7. The van der Waals surface area contributed by atoms with Gasteiger partial charge in [0.25, 0.3) is 0 Å². The topological polar surface area (TPSA) is 32.8 Å². The number of rotatable bonds is 6. The molecule has 2 atom stereocenters. The van der Waals surface area contributed by atoms with Crippen LogP contribution < -0.4 is 0 Å². The van der Waals surface area contributed by atoms with E-state index in [1.165, 1.54) is 0 Å². The zero-order chi connectivity index (χ0) is 12.0. The van der Waals surface area contributed by atoms with Crippen molar-refractivity contribution in [3.63, 3.8) is 0 Å². The van der Waals surface area contributed by atoms with Gasteiger partial charge in [-0.1, -0.05) is 6.92 Å². The number of hydrogen-bond acceptors (Lipinski definition) is 3. The standard InChI is InChI=1S/C11H24N2O2/c1-9(8-15-6)7-13(5)10(2)11(14)12(3)4/h9-10H,7-8H2,1-6H3/t9-,10+/m0/s1. The zero-order valence-electron chi connectivity index (χ0n) is 10.8. The Morgan fingerprint density at radius 1 is 1.27 bits per heavy atom. The Kier molecular flexibility index (Phi) is 6.52. The van der Waals surface area contributed by atoms with Crippen LogP contribution in [0, 0.1) is 5.92 Å². The van der Waals surface area contributed by atoms with Gasteiger partial charge in [-0.3, -0.25) is 9.69 Å². The lowest BCUT2D eigenvalue weighted by Crippen LogP contribution is -2.44. The fraction of sp³-hybridized carbons (Fsp3) is 0.909. The van der Waals surface area contributed by atoms with Crippen molar-refractivity contribution in [1.29, 1.82) is 0 Å². The molecule has 0 aliphatic heterocycles. The highest BCUT2D eigenvalue weighted by Crippen LogP contribution is 2.04. The molecule has 0 unspecified atom stereocenters. The molecule has 0 spiro atoms. The summed E-state index contributed by atoms with van der Waals surface area (Å²) in [6.45, 7) is 5.65. The van der Waals surface area contributed by atoms with Gasteiger partial charge in [-0.15, -0.1) is 0 Å². The van der Waals surface area contributed by atoms with E-state index in [0.29, 0.717) is 5.92 Å². The largest absolute Gasteiger partial charge is 0.384 e. The molecule has 0 aromatic carbocycles. The van der Waals surface area contributed by atoms with E-state index in [1.807, 2.05) is 14.0 Å². The van der Waals surface area contributed by atoms with Crippen LogP contribution in [0.2, 0.25) is 0 Å². The Labute approximate surface area is 93.2 Å². The Hall–Kier alpha value is -0.610. The van der Waals surface area contributed by atoms with Crippen LogP contribution in [0.3, 0.4) is 0 Å². The minimum Gasteiger partial charge on any atom is -0.384 e. The molecule has 0 aliphatic rings. The van der Waals surface area contributed by atoms with Crippen molar-refractivity contribution in [1.82, 2.24) is 9.80 Å². The normalized spacial score (nSPS) is 15.1. The van der Waals surface area contributed by atoms with Gasteiger partial charge in [-0.05, 0) is 19.9 Å². The fourth-order valence-electron chi connectivity index (χ4n) is 1.55. The molecule has 0 radical (unpaired) electrons. The van der Waals surface area contributed by atoms with E-state index in [-0.39, 0.29) is 11.9 Å². The molecule has 0 heterocycles. The highest BCUT2D eigenvalue weighted by Gasteiger charge is 2.20. The number of ether oxygens (including phenoxy) is 1. The van der Waals surface area contributed by atoms with E-state index in [9.17, 15) is 4.79 Å². The lowest BCUT2D eigenvalue weighted by atomic mass is 10.1. The smallest absolute Gasteiger partial charge is 0.239 e. The number of nitrogens with zero attached hydrogens (tertiary/aromatic N) is 2. The molecule has 0 aliphatic carbocycles. The number of carbonyl (C=O) groups excluding carboxylic acids is 1. The van der Waals surface area contributed by atoms with Gasteiger partial charge in [0.1, 0.15) is 0 Å². The molecule has 0 aromatic heterocycles. The quantitative estimate of drug-likeness (QED) is 0.654. The molecule has 4 nitrogen and oxygen atoms in total. The molecule has 0 rings (SSSR count). The van der Waals surface area contributed by atoms with Crippen molar-refractivity contribution >= 4 is 5.91 Å². The summed E-state index contributed by atoms with van der Waals surface area (Å²) in [6, 6.07) is -0.0701. The second-order valence-electron chi connectivity index (χ2n) is 4.41. The van der Waals surface area contributed by atoms with Gasteiger partial charge in [0, 0.05) is 34.4 Å². The third-order valence-corrected chi connectivity index (χ3v) is 2.51. The zero-order valence-corrected chi connectivity index (χ0v) is 10.8. The van der Waals surface area contributed by atoms with Gasteiger partial charge in [-0.25, -0.2) is 0 Å². The minimum atomic E-state index is -0.0701. The SMILES string of the molecule is COC[C@@H](C)CN(C)[C@H](C)C(=O)N(C)C. The molecular weight excluding hydrogens is 192 g/mol. The Morgan fingerprint density at radius 3 is 2.20 bits per heavy atom. The monoisotopic (exact) mass is 216 g/mol. The van der Waals surface area contributed by atoms with Crippen molar-refractivity contribution in [2.75, 3.05) is 41.4 Å². The molecule has 0 fully saturated rings. The summed E-state index contributed by atoms with van der Waals surface area (Å²) in [6.07, 6.45) is 0. The molecule has 0 saturated carbocycles. The van der Waals surface area contributed by atoms with Crippen molar-refractivity contribution in [2.45, 2.75) is 19.9 Å². The van der Waals surface area contributed by atoms with E-state index >= 15 is 0 Å². The second kappa shape index (κ2) is 6.80. The van der Waals surface area contributed by atoms with Crippen LogP contribution in [-0.2, 0) is 9.53 Å². The minimum absolute atomic E-state index is 0.0701. The van der Waals surface area contributed by atoms with Crippen LogP contribution in [-0.4, -0.2) is 63.2 Å². The van der Waals surface area contributed by atoms with E-state index < -0.39 is 0 Å². The first kappa shape index (κ1) is 14.4. The van der Waals surface area contributed by atoms with E-state index in [1.54, 1.807) is 26.1 Å². The van der Waals surface area contributed by atoms with Crippen LogP contribution in [0.15, 0.2) is 0 Å². The number of carbonyl (C=O) groups is 1. The summed E-state index contributed by atoms with van der Waals surface area (Å²) in [5.41, 5.74) is 0. The molecule has 15 heavy (non-hydrogen) atoms. The van der Waals surface area contributed by atoms with Crippen LogP contribution >= 0.6 is 0 Å². The molecular formula is C11H24N2O2. The first-order chi connectivity index (χ1) is 6.90. The summed E-state index contributed by atoms with van der Waals surface area (Å²) >= 11 is 0. The predicted molar refractivity (Wildman–Crippen MR) is 61.8 cm³/mol. The third-order valence-electron chi connectivity index (χ3n) is 2.51. The Morgan fingerprint density at radius 2 is 1.80 bits per heavy atom. The van der Waals surface area contributed by atoms with Crippen molar-refractivity contribution in [3.05, 3.63) is 0 Å². The maximum absolute atomic E-state index is 11.7. The predicted octanol–water partition coefficient (Wildman–Crippen LogP) is 0.677. The lowest BCUT2D eigenvalue weighted by molar-refractivity contribution is -0.133. The molecule has 0 bridgehead atoms. The third kappa shape index (κ3) is 5.14. The second-order valence-corrected chi connectivity index (χ2v) is 4.41. The summed E-state index contributed by atoms with van der Waals surface area (Å²) in [4.78, 5) is 15.4. The maximum Gasteiger partial charge on any atom is 0.239 e. The summed E-state index contributed by atoms with van der Waals surface area (Å²) < 4.78 is 5.07. The van der Waals surface area contributed by atoms with E-state index in [2.05, 4.69) is 11.8 Å². The van der Waals surface area contributed by atoms with Gasteiger partial charge in [0.05, 0.1) is 6.04 Å². The van der Waals surface area contributed by atoms with Gasteiger partial charge >= 0.3 is 0 Å². The molecule has 90 valence electrons. The molecule has 0 aromatic rings. The number of amides is 1. The first-order valence-electron chi connectivity index (χ1n) is 5.30. The number of methoxy groups -OCH3 is 1. The molecule has 0 saturated heterocycles. The highest BCUT2D eigenvalue weighted by molar-refractivity contribution is 5.80. The van der Waals surface area contributed by atoms with E-state index in [4.69, 9.17) is 4.74 Å². The van der Waals surface area contributed by atoms with Crippen LogP contribution in [0.4, 0.5) is 0 Å². The van der Waals surface area contributed by atoms with Gasteiger partial charge in [0.2, 0.25) is 5.91 Å². The lowest BCUT2D eigenvalue weighted by Gasteiger charge is -2.28. The fourth-order valence-corrected chi connectivity index (χ4v) is 1.55. The molecule has 0 N–H and O–H groups in total. The van der Waals surface area contributed by atoms with E-state index in [0.717, 1.165) is 13.2 Å². The Bertz CT molecular complexity index is 195. The average molecular weight is 216 g/mol. The molecule has 4 heteroatoms. The van der Waals surface area contributed by atoms with Crippen LogP contribution in [0.1, 0.15) is 13.8 Å². The summed E-state index contributed by atoms with van der Waals surface area (Å²) in [7, 11) is 7.24. The van der Waals surface area contributed by atoms with Crippen LogP contribution in [0.25, 0.3) is 0 Å². The number of likely N-dealkylation sites (N-methyl/N-ethyl adjacent to an activating group) is 2. The van der Waals surface area contributed by atoms with Crippen molar-refractivity contribution in [2.24, 2.45) is 5.92 Å². The summed E-state index contributed by atoms with van der Waals surface area (Å²) in [5, 5.41) is 0.